The minimum atomic E-state index is -0.961. The van der Waals surface area contributed by atoms with Crippen LogP contribution in [0.15, 0.2) is 47.4 Å². The zero-order chi connectivity index (χ0) is 34.4. The van der Waals surface area contributed by atoms with Crippen molar-refractivity contribution in [2.24, 2.45) is 5.41 Å². The molecule has 10 nitrogen and oxygen atoms in total. The van der Waals surface area contributed by atoms with Gasteiger partial charge in [-0.25, -0.2) is 9.78 Å². The van der Waals surface area contributed by atoms with E-state index in [2.05, 4.69) is 60.0 Å². The zero-order valence-electron chi connectivity index (χ0n) is 28.8. The van der Waals surface area contributed by atoms with E-state index in [1.807, 2.05) is 39.8 Å². The maximum Gasteiger partial charge on any atom is 0.335 e. The molecule has 1 heterocycles. The molecule has 4 N–H and O–H groups in total. The van der Waals surface area contributed by atoms with Gasteiger partial charge in [0.05, 0.1) is 11.3 Å². The second-order valence-corrected chi connectivity index (χ2v) is 14.7. The first-order valence-electron chi connectivity index (χ1n) is 16.1. The van der Waals surface area contributed by atoms with E-state index in [1.165, 1.54) is 37.6 Å². The van der Waals surface area contributed by atoms with Crippen molar-refractivity contribution in [1.82, 2.24) is 20.6 Å². The minimum absolute atomic E-state index is 0.185. The number of anilines is 1. The Morgan fingerprint density at radius 1 is 1.06 bits per heavy atom. The van der Waals surface area contributed by atoms with E-state index >= 15 is 0 Å². The first-order valence-corrected chi connectivity index (χ1v) is 16.9. The third kappa shape index (κ3) is 9.68. The molecular weight excluding hydrogens is 614 g/mol. The Morgan fingerprint density at radius 2 is 1.70 bits per heavy atom. The maximum atomic E-state index is 11.4. The van der Waals surface area contributed by atoms with E-state index < -0.39 is 5.97 Å². The summed E-state index contributed by atoms with van der Waals surface area (Å²) in [6, 6.07) is 14.4. The molecule has 1 atom stereocenters. The summed E-state index contributed by atoms with van der Waals surface area (Å²) in [5.41, 5.74) is 5.52. The van der Waals surface area contributed by atoms with Crippen LogP contribution in [-0.4, -0.2) is 64.9 Å². The van der Waals surface area contributed by atoms with Gasteiger partial charge in [-0.05, 0) is 128 Å². The lowest BCUT2D eigenvalue weighted by atomic mass is 9.52. The summed E-state index contributed by atoms with van der Waals surface area (Å²) < 4.78 is 14.1. The SMILES string of the molecule is CC(C)(C)OC=O.CNC1CC2(C1)CC(NC(C)COc1nc(NSc3cccc(C(=O)O)c3)nc(-c3c(C)cccc3C)c1C)C2. The molecule has 0 saturated heterocycles. The van der Waals surface area contributed by atoms with E-state index in [1.54, 1.807) is 18.2 Å². The van der Waals surface area contributed by atoms with Gasteiger partial charge >= 0.3 is 5.97 Å². The molecule has 5 rings (SSSR count). The highest BCUT2D eigenvalue weighted by Crippen LogP contribution is 2.55. The second-order valence-electron chi connectivity index (χ2n) is 13.8. The summed E-state index contributed by atoms with van der Waals surface area (Å²) in [6.45, 7) is 14.8. The number of aromatic nitrogens is 2. The minimum Gasteiger partial charge on any atom is -0.478 e. The molecule has 47 heavy (non-hydrogen) atoms. The third-order valence-corrected chi connectivity index (χ3v) is 9.45. The molecule has 3 aromatic rings. The molecule has 2 aromatic carbocycles. The molecule has 254 valence electrons. The first-order chi connectivity index (χ1) is 22.2. The molecular formula is C36H49N5O5S. The van der Waals surface area contributed by atoms with E-state index in [9.17, 15) is 14.7 Å². The molecule has 0 bridgehead atoms. The standard InChI is InChI=1S/C31H39N5O3S.C5H10O2/c1-18-8-6-9-19(2)26(18)27-21(4)28(35-30(34-27)36-40-25-11-7-10-22(12-25)29(37)38)39-17-20(3)33-24-15-31(16-24)13-23(14-31)32-5;1-5(2,3)7-4-6/h6-12,20,23-24,32-33H,13-17H2,1-5H3,(H,37,38)(H,34,35,36);4H,1-3H3. The van der Waals surface area contributed by atoms with Crippen LogP contribution in [0.25, 0.3) is 11.3 Å². The topological polar surface area (TPSA) is 135 Å². The van der Waals surface area contributed by atoms with Crippen molar-refractivity contribution in [3.63, 3.8) is 0 Å². The number of hydrogen-bond acceptors (Lipinski definition) is 10. The molecule has 0 radical (unpaired) electrons. The van der Waals surface area contributed by atoms with Gasteiger partial charge in [0.1, 0.15) is 12.2 Å². The highest BCUT2D eigenvalue weighted by molar-refractivity contribution is 8.00. The molecule has 2 aliphatic carbocycles. The number of aromatic carboxylic acids is 1. The van der Waals surface area contributed by atoms with Crippen LogP contribution in [0.5, 0.6) is 5.88 Å². The van der Waals surface area contributed by atoms with Crippen LogP contribution in [0, 0.1) is 26.2 Å². The van der Waals surface area contributed by atoms with Crippen molar-refractivity contribution in [2.45, 2.75) is 103 Å². The van der Waals surface area contributed by atoms with Crippen molar-refractivity contribution in [3.05, 3.63) is 64.7 Å². The van der Waals surface area contributed by atoms with Crippen LogP contribution in [0.2, 0.25) is 0 Å². The maximum absolute atomic E-state index is 11.4. The van der Waals surface area contributed by atoms with Crippen LogP contribution >= 0.6 is 11.9 Å². The lowest BCUT2D eigenvalue weighted by Crippen LogP contribution is -2.60. The zero-order valence-corrected chi connectivity index (χ0v) is 29.6. The summed E-state index contributed by atoms with van der Waals surface area (Å²) in [6.07, 6.45) is 5.07. The van der Waals surface area contributed by atoms with Gasteiger partial charge in [0.25, 0.3) is 6.47 Å². The van der Waals surface area contributed by atoms with Gasteiger partial charge in [0, 0.05) is 34.1 Å². The number of carboxylic acids is 1. The lowest BCUT2D eigenvalue weighted by Gasteiger charge is -2.58. The van der Waals surface area contributed by atoms with Gasteiger partial charge in [0.15, 0.2) is 0 Å². The number of hydrogen-bond donors (Lipinski definition) is 4. The number of carbonyl (C=O) groups excluding carboxylic acids is 1. The average Bonchev–Trinajstić information content (AvgIpc) is 2.96. The summed E-state index contributed by atoms with van der Waals surface area (Å²) in [5, 5.41) is 16.5. The number of nitrogens with one attached hydrogen (secondary N) is 3. The Morgan fingerprint density at radius 3 is 2.28 bits per heavy atom. The Kier molecular flexibility index (Phi) is 11.9. The quantitative estimate of drug-likeness (QED) is 0.121. The predicted molar refractivity (Wildman–Crippen MR) is 187 cm³/mol. The van der Waals surface area contributed by atoms with Gasteiger partial charge < -0.3 is 25.2 Å². The van der Waals surface area contributed by atoms with Crippen molar-refractivity contribution in [3.8, 4) is 17.1 Å². The third-order valence-electron chi connectivity index (χ3n) is 8.68. The van der Waals surface area contributed by atoms with Crippen LogP contribution in [0.1, 0.15) is 80.4 Å². The smallest absolute Gasteiger partial charge is 0.335 e. The monoisotopic (exact) mass is 663 g/mol. The number of benzene rings is 2. The first kappa shape index (κ1) is 36.2. The molecule has 1 unspecified atom stereocenters. The fourth-order valence-electron chi connectivity index (χ4n) is 6.34. The number of aryl methyl sites for hydroxylation is 2. The van der Waals surface area contributed by atoms with E-state index in [4.69, 9.17) is 14.7 Å². The van der Waals surface area contributed by atoms with Gasteiger partial charge in [0.2, 0.25) is 11.8 Å². The van der Waals surface area contributed by atoms with Gasteiger partial charge in [-0.3, -0.25) is 9.52 Å². The highest BCUT2D eigenvalue weighted by atomic mass is 32.2. The van der Waals surface area contributed by atoms with Gasteiger partial charge in [-0.15, -0.1) is 0 Å². The molecule has 0 aliphatic heterocycles. The Labute approximate surface area is 283 Å². The van der Waals surface area contributed by atoms with Crippen LogP contribution in [0.3, 0.4) is 0 Å². The summed E-state index contributed by atoms with van der Waals surface area (Å²) in [7, 11) is 2.06. The van der Waals surface area contributed by atoms with E-state index in [0.29, 0.717) is 42.4 Å². The summed E-state index contributed by atoms with van der Waals surface area (Å²) >= 11 is 1.27. The molecule has 2 saturated carbocycles. The molecule has 0 amide bonds. The predicted octanol–water partition coefficient (Wildman–Crippen LogP) is 6.73. The van der Waals surface area contributed by atoms with Gasteiger partial charge in [-0.2, -0.15) is 4.98 Å². The number of ether oxygens (including phenoxy) is 2. The fraction of sp³-hybridized carbons (Fsp3) is 0.500. The molecule has 2 aliphatic rings. The summed E-state index contributed by atoms with van der Waals surface area (Å²) in [4.78, 5) is 31.3. The Hall–Kier alpha value is -3.67. The molecule has 1 aromatic heterocycles. The number of rotatable bonds is 12. The van der Waals surface area contributed by atoms with Crippen LogP contribution in [-0.2, 0) is 9.53 Å². The number of carbonyl (C=O) groups is 2. The molecule has 2 fully saturated rings. The summed E-state index contributed by atoms with van der Waals surface area (Å²) in [5.74, 6) is -0.00379. The largest absolute Gasteiger partial charge is 0.478 e. The van der Waals surface area contributed by atoms with Crippen molar-refractivity contribution >= 4 is 30.3 Å². The average molecular weight is 664 g/mol. The molecule has 1 spiro atoms. The fourth-order valence-corrected chi connectivity index (χ4v) is 6.97. The second kappa shape index (κ2) is 15.5. The van der Waals surface area contributed by atoms with Crippen molar-refractivity contribution in [1.29, 1.82) is 0 Å². The normalized spacial score (nSPS) is 20.6. The lowest BCUT2D eigenvalue weighted by molar-refractivity contribution is -0.138. The van der Waals surface area contributed by atoms with Crippen molar-refractivity contribution < 1.29 is 24.2 Å². The number of carboxylic acid groups (broad SMARTS) is 1. The van der Waals surface area contributed by atoms with Crippen LogP contribution in [0.4, 0.5) is 5.95 Å². The molecule has 11 heteroatoms. The van der Waals surface area contributed by atoms with E-state index in [-0.39, 0.29) is 17.2 Å². The Bertz CT molecular complexity index is 1520. The van der Waals surface area contributed by atoms with Crippen LogP contribution < -0.4 is 20.1 Å². The highest BCUT2D eigenvalue weighted by Gasteiger charge is 2.52. The van der Waals surface area contributed by atoms with Crippen molar-refractivity contribution in [2.75, 3.05) is 18.4 Å². The Balaban J connectivity index is 0.000000644. The van der Waals surface area contributed by atoms with E-state index in [0.717, 1.165) is 32.8 Å². The number of nitrogens with zero attached hydrogens (tertiary/aromatic N) is 2. The van der Waals surface area contributed by atoms with Gasteiger partial charge in [-0.1, -0.05) is 24.3 Å².